The number of hydrogen-bond acceptors (Lipinski definition) is 3. The van der Waals surface area contributed by atoms with Crippen molar-refractivity contribution in [2.45, 2.75) is 13.5 Å². The van der Waals surface area contributed by atoms with Gasteiger partial charge in [0.25, 0.3) is 0 Å². The van der Waals surface area contributed by atoms with E-state index < -0.39 is 0 Å². The molecule has 21 heavy (non-hydrogen) atoms. The molecule has 0 bridgehead atoms. The molecule has 2 aromatic carbocycles. The lowest BCUT2D eigenvalue weighted by atomic mass is 10.1. The molecular weight excluding hydrogens is 282 g/mol. The molecule has 3 aromatic rings. The van der Waals surface area contributed by atoms with E-state index in [1.807, 2.05) is 43.3 Å². The number of nitrogens with two attached hydrogens (primary N) is 1. The van der Waals surface area contributed by atoms with Gasteiger partial charge in [0.15, 0.2) is 0 Å². The largest absolute Gasteiger partial charge is 0.398 e. The third kappa shape index (κ3) is 2.78. The first kappa shape index (κ1) is 13.7. The number of pyridine rings is 1. The summed E-state index contributed by atoms with van der Waals surface area (Å²) in [5, 5.41) is 6.17. The summed E-state index contributed by atoms with van der Waals surface area (Å²) in [6.07, 6.45) is 1.78. The lowest BCUT2D eigenvalue weighted by Crippen LogP contribution is -2.02. The van der Waals surface area contributed by atoms with Crippen LogP contribution in [0.4, 0.5) is 11.5 Å². The Bertz CT molecular complexity index is 782. The maximum atomic E-state index is 6.14. The first-order valence-corrected chi connectivity index (χ1v) is 7.15. The summed E-state index contributed by atoms with van der Waals surface area (Å²) in [4.78, 5) is 4.42. The van der Waals surface area contributed by atoms with Crippen molar-refractivity contribution < 1.29 is 0 Å². The molecule has 0 unspecified atom stereocenters. The first-order valence-electron chi connectivity index (χ1n) is 6.77. The zero-order chi connectivity index (χ0) is 14.8. The van der Waals surface area contributed by atoms with Crippen molar-refractivity contribution in [3.63, 3.8) is 0 Å². The number of nitrogens with one attached hydrogen (secondary N) is 1. The molecule has 0 radical (unpaired) electrons. The summed E-state index contributed by atoms with van der Waals surface area (Å²) >= 11 is 5.89. The molecule has 0 fully saturated rings. The highest BCUT2D eigenvalue weighted by Gasteiger charge is 2.06. The molecule has 0 amide bonds. The molecule has 0 atom stereocenters. The highest BCUT2D eigenvalue weighted by molar-refractivity contribution is 6.30. The second-order valence-electron chi connectivity index (χ2n) is 5.03. The summed E-state index contributed by atoms with van der Waals surface area (Å²) in [5.74, 6) is 0.842. The number of nitrogen functional groups attached to an aromatic ring is 1. The Morgan fingerprint density at radius 2 is 1.81 bits per heavy atom. The molecular formula is C17H16ClN3. The fourth-order valence-electron chi connectivity index (χ4n) is 2.32. The number of rotatable bonds is 3. The van der Waals surface area contributed by atoms with Gasteiger partial charge in [-0.2, -0.15) is 0 Å². The fourth-order valence-corrected chi connectivity index (χ4v) is 2.44. The van der Waals surface area contributed by atoms with Crippen LogP contribution in [0.25, 0.3) is 10.8 Å². The van der Waals surface area contributed by atoms with Gasteiger partial charge < -0.3 is 11.1 Å². The number of fused-ring (bicyclic) bond motifs is 1. The Hall–Kier alpha value is -2.26. The molecule has 1 heterocycles. The van der Waals surface area contributed by atoms with Crippen LogP contribution in [0, 0.1) is 6.92 Å². The van der Waals surface area contributed by atoms with Crippen LogP contribution in [0.5, 0.6) is 0 Å². The molecule has 3 nitrogen and oxygen atoms in total. The van der Waals surface area contributed by atoms with Crippen LogP contribution in [0.1, 0.15) is 11.1 Å². The molecule has 106 valence electrons. The van der Waals surface area contributed by atoms with Crippen molar-refractivity contribution in [2.24, 2.45) is 0 Å². The molecule has 3 N–H and O–H groups in total. The number of hydrogen-bond donors (Lipinski definition) is 2. The first-order chi connectivity index (χ1) is 10.1. The SMILES string of the molecule is Cc1ccc2c(NCc3ccc(Cl)cc3)nccc2c1N. The van der Waals surface area contributed by atoms with Crippen LogP contribution in [0.3, 0.4) is 0 Å². The van der Waals surface area contributed by atoms with Crippen LogP contribution >= 0.6 is 11.6 Å². The van der Waals surface area contributed by atoms with E-state index >= 15 is 0 Å². The van der Waals surface area contributed by atoms with Crippen molar-refractivity contribution in [2.75, 3.05) is 11.1 Å². The quantitative estimate of drug-likeness (QED) is 0.705. The third-order valence-electron chi connectivity index (χ3n) is 3.58. The lowest BCUT2D eigenvalue weighted by molar-refractivity contribution is 1.12. The number of halogens is 1. The smallest absolute Gasteiger partial charge is 0.134 e. The zero-order valence-corrected chi connectivity index (χ0v) is 12.5. The van der Waals surface area contributed by atoms with Gasteiger partial charge in [-0.3, -0.25) is 0 Å². The van der Waals surface area contributed by atoms with Crippen LogP contribution in [0.2, 0.25) is 5.02 Å². The van der Waals surface area contributed by atoms with E-state index in [-0.39, 0.29) is 0 Å². The zero-order valence-electron chi connectivity index (χ0n) is 11.7. The molecule has 4 heteroatoms. The Balaban J connectivity index is 1.90. The van der Waals surface area contributed by atoms with Gasteiger partial charge >= 0.3 is 0 Å². The Morgan fingerprint density at radius 3 is 2.57 bits per heavy atom. The highest BCUT2D eigenvalue weighted by Crippen LogP contribution is 2.28. The summed E-state index contributed by atoms with van der Waals surface area (Å²) in [6.45, 7) is 2.70. The summed E-state index contributed by atoms with van der Waals surface area (Å²) in [7, 11) is 0. The van der Waals surface area contributed by atoms with Crippen LogP contribution in [-0.2, 0) is 6.54 Å². The minimum atomic E-state index is 0.692. The van der Waals surface area contributed by atoms with Gasteiger partial charge in [0.2, 0.25) is 0 Å². The molecule has 0 aliphatic carbocycles. The van der Waals surface area contributed by atoms with Gasteiger partial charge in [0, 0.05) is 34.2 Å². The van der Waals surface area contributed by atoms with E-state index in [1.165, 1.54) is 0 Å². The second kappa shape index (κ2) is 5.62. The predicted octanol–water partition coefficient (Wildman–Crippen LogP) is 4.39. The maximum Gasteiger partial charge on any atom is 0.134 e. The van der Waals surface area contributed by atoms with E-state index in [2.05, 4.69) is 16.4 Å². The van der Waals surface area contributed by atoms with Crippen molar-refractivity contribution in [1.82, 2.24) is 4.98 Å². The van der Waals surface area contributed by atoms with E-state index in [9.17, 15) is 0 Å². The topological polar surface area (TPSA) is 50.9 Å². The monoisotopic (exact) mass is 297 g/mol. The molecule has 0 aliphatic rings. The lowest BCUT2D eigenvalue weighted by Gasteiger charge is -2.11. The summed E-state index contributed by atoms with van der Waals surface area (Å²) < 4.78 is 0. The van der Waals surface area contributed by atoms with Crippen molar-refractivity contribution in [3.8, 4) is 0 Å². The number of aryl methyl sites for hydroxylation is 1. The van der Waals surface area contributed by atoms with Gasteiger partial charge in [0.05, 0.1) is 0 Å². The molecule has 0 aliphatic heterocycles. The number of nitrogens with zero attached hydrogens (tertiary/aromatic N) is 1. The Labute approximate surface area is 128 Å². The molecule has 0 spiro atoms. The fraction of sp³-hybridized carbons (Fsp3) is 0.118. The minimum absolute atomic E-state index is 0.692. The normalized spacial score (nSPS) is 10.8. The molecule has 0 saturated carbocycles. The molecule has 1 aromatic heterocycles. The van der Waals surface area contributed by atoms with Crippen molar-refractivity contribution >= 4 is 33.9 Å². The summed E-state index contributed by atoms with van der Waals surface area (Å²) in [6, 6.07) is 13.8. The number of anilines is 2. The summed E-state index contributed by atoms with van der Waals surface area (Å²) in [5.41, 5.74) is 9.18. The van der Waals surface area contributed by atoms with Crippen LogP contribution in [0.15, 0.2) is 48.7 Å². The average Bonchev–Trinajstić information content (AvgIpc) is 2.50. The molecule has 0 saturated heterocycles. The van der Waals surface area contributed by atoms with Crippen molar-refractivity contribution in [3.05, 3.63) is 64.8 Å². The van der Waals surface area contributed by atoms with E-state index in [1.54, 1.807) is 6.20 Å². The van der Waals surface area contributed by atoms with Crippen molar-refractivity contribution in [1.29, 1.82) is 0 Å². The average molecular weight is 298 g/mol. The minimum Gasteiger partial charge on any atom is -0.398 e. The Kier molecular flexibility index (Phi) is 3.67. The van der Waals surface area contributed by atoms with E-state index in [0.717, 1.165) is 38.4 Å². The van der Waals surface area contributed by atoms with Crippen LogP contribution in [-0.4, -0.2) is 4.98 Å². The number of benzene rings is 2. The third-order valence-corrected chi connectivity index (χ3v) is 3.83. The van der Waals surface area contributed by atoms with Gasteiger partial charge in [-0.15, -0.1) is 0 Å². The number of aromatic nitrogens is 1. The maximum absolute atomic E-state index is 6.14. The van der Waals surface area contributed by atoms with E-state index in [0.29, 0.717) is 6.54 Å². The van der Waals surface area contributed by atoms with Gasteiger partial charge in [-0.05, 0) is 36.2 Å². The van der Waals surface area contributed by atoms with Gasteiger partial charge in [-0.1, -0.05) is 35.9 Å². The predicted molar refractivity (Wildman–Crippen MR) is 89.7 cm³/mol. The Morgan fingerprint density at radius 1 is 1.05 bits per heavy atom. The van der Waals surface area contributed by atoms with Crippen LogP contribution < -0.4 is 11.1 Å². The van der Waals surface area contributed by atoms with E-state index in [4.69, 9.17) is 17.3 Å². The second-order valence-corrected chi connectivity index (χ2v) is 5.47. The molecule has 3 rings (SSSR count). The van der Waals surface area contributed by atoms with Gasteiger partial charge in [-0.25, -0.2) is 4.98 Å². The van der Waals surface area contributed by atoms with Gasteiger partial charge in [0.1, 0.15) is 5.82 Å². The standard InChI is InChI=1S/C17H16ClN3/c1-11-2-7-15-14(16(11)19)8-9-20-17(15)21-10-12-3-5-13(18)6-4-12/h2-9H,10,19H2,1H3,(H,20,21). The highest BCUT2D eigenvalue weighted by atomic mass is 35.5.